The van der Waals surface area contributed by atoms with Crippen LogP contribution in [0.2, 0.25) is 5.02 Å². The number of nitrogens with zero attached hydrogens (tertiary/aromatic N) is 6. The van der Waals surface area contributed by atoms with Crippen molar-refractivity contribution in [3.05, 3.63) is 49.9 Å². The number of nitrogen functional groups attached to an aromatic ring is 1. The van der Waals surface area contributed by atoms with Gasteiger partial charge in [-0.15, -0.1) is 11.3 Å². The van der Waals surface area contributed by atoms with Crippen LogP contribution in [-0.2, 0) is 9.53 Å². The van der Waals surface area contributed by atoms with Crippen LogP contribution in [-0.4, -0.2) is 91.3 Å². The number of likely N-dealkylation sites (N-methyl/N-ethyl adjacent to an activating group) is 1. The second kappa shape index (κ2) is 13.7. The molecule has 0 bridgehead atoms. The molecule has 1 amide bonds. The monoisotopic (exact) mass is 657 g/mol. The molecule has 2 N–H and O–H groups in total. The van der Waals surface area contributed by atoms with Crippen molar-refractivity contribution < 1.29 is 23.0 Å². The molecule has 2 unspecified atom stereocenters. The Labute approximate surface area is 268 Å². The number of ether oxygens (including phenoxy) is 2. The molecule has 10 nitrogen and oxygen atoms in total. The largest absolute Gasteiger partial charge is 0.462 e. The minimum atomic E-state index is -0.777. The van der Waals surface area contributed by atoms with Crippen LogP contribution in [0.25, 0.3) is 23.3 Å². The van der Waals surface area contributed by atoms with E-state index in [4.69, 9.17) is 31.8 Å². The molecule has 5 rings (SSSR count). The number of piperazine rings is 1. The van der Waals surface area contributed by atoms with E-state index in [9.17, 15) is 14.4 Å². The number of halogens is 3. The lowest BCUT2D eigenvalue weighted by atomic mass is 10.1. The van der Waals surface area contributed by atoms with Crippen molar-refractivity contribution >= 4 is 63.0 Å². The molecule has 0 radical (unpaired) electrons. The number of hydrogen-bond acceptors (Lipinski definition) is 10. The van der Waals surface area contributed by atoms with Gasteiger partial charge in [-0.05, 0) is 45.5 Å². The predicted octanol–water partition coefficient (Wildman–Crippen LogP) is 3.19. The fraction of sp³-hybridized carbons (Fsp3) is 0.419. The molecular formula is C31H34ClF2N7O3S. The maximum absolute atomic E-state index is 16.4. The Hall–Kier alpha value is -3.83. The third kappa shape index (κ3) is 6.46. The van der Waals surface area contributed by atoms with E-state index < -0.39 is 11.9 Å². The number of nitriles is 1. The van der Waals surface area contributed by atoms with Gasteiger partial charge in [0.25, 0.3) is 5.91 Å². The number of carbonyl (C=O) groups excluding carboxylic acids is 1. The van der Waals surface area contributed by atoms with Gasteiger partial charge in [-0.25, -0.2) is 8.78 Å². The third-order valence-corrected chi connectivity index (χ3v) is 9.71. The smallest absolute Gasteiger partial charge is 0.319 e. The van der Waals surface area contributed by atoms with Crippen molar-refractivity contribution in [2.45, 2.75) is 31.9 Å². The summed E-state index contributed by atoms with van der Waals surface area (Å²) in [7, 11) is 3.55. The summed E-state index contributed by atoms with van der Waals surface area (Å²) in [5.41, 5.74) is 6.19. The predicted molar refractivity (Wildman–Crippen MR) is 172 cm³/mol. The van der Waals surface area contributed by atoms with Gasteiger partial charge in [-0.3, -0.25) is 4.79 Å². The standard InChI is InChI=1S/C31H34ClF2N7O3S/c1-17(18(2)43-4)30(42)41-10-8-40(9-11-41)29-22-13-24(32)21(12-20-23(15-35)28(36)45-25(20)14-33)26(34)27(22)37-31(38-29)44-16-19-6-5-7-39(19)3/h12-14,18-19H,1,5-11,16,36H2,2-4H3/b20-12+,25-14-. The number of benzene rings is 1. The molecule has 0 spiro atoms. The molecule has 0 aliphatic carbocycles. The number of carbonyl (C=O) groups is 1. The van der Waals surface area contributed by atoms with Crippen LogP contribution < -0.4 is 25.1 Å². The van der Waals surface area contributed by atoms with E-state index in [-0.39, 0.29) is 54.4 Å². The van der Waals surface area contributed by atoms with Gasteiger partial charge in [0.15, 0.2) is 5.82 Å². The first-order valence-corrected chi connectivity index (χ1v) is 15.7. The van der Waals surface area contributed by atoms with Crippen molar-refractivity contribution in [3.63, 3.8) is 0 Å². The highest BCUT2D eigenvalue weighted by Crippen LogP contribution is 2.35. The normalized spacial score (nSPS) is 18.9. The minimum Gasteiger partial charge on any atom is -0.462 e. The van der Waals surface area contributed by atoms with E-state index in [2.05, 4.69) is 16.5 Å². The summed E-state index contributed by atoms with van der Waals surface area (Å²) in [6.07, 6.45) is 3.23. The van der Waals surface area contributed by atoms with Gasteiger partial charge in [0.2, 0.25) is 0 Å². The first-order chi connectivity index (χ1) is 21.6. The fourth-order valence-electron chi connectivity index (χ4n) is 5.58. The molecule has 238 valence electrons. The quantitative estimate of drug-likeness (QED) is 0.364. The molecule has 2 atom stereocenters. The molecule has 2 aromatic heterocycles. The molecule has 4 heterocycles. The van der Waals surface area contributed by atoms with Crippen molar-refractivity contribution in [3.8, 4) is 12.1 Å². The number of anilines is 2. The lowest BCUT2D eigenvalue weighted by molar-refractivity contribution is -0.128. The summed E-state index contributed by atoms with van der Waals surface area (Å²) >= 11 is 7.52. The number of nitrogens with two attached hydrogens (primary N) is 1. The lowest BCUT2D eigenvalue weighted by Gasteiger charge is -2.36. The number of hydrogen-bond donors (Lipinski definition) is 1. The summed E-state index contributed by atoms with van der Waals surface area (Å²) in [4.78, 5) is 28.0. The van der Waals surface area contributed by atoms with Gasteiger partial charge in [-0.1, -0.05) is 18.2 Å². The first-order valence-electron chi connectivity index (χ1n) is 14.5. The van der Waals surface area contributed by atoms with Gasteiger partial charge >= 0.3 is 6.01 Å². The third-order valence-electron chi connectivity index (χ3n) is 8.44. The van der Waals surface area contributed by atoms with Gasteiger partial charge < -0.3 is 29.9 Å². The Balaban J connectivity index is 1.57. The number of fused-ring (bicyclic) bond motifs is 1. The van der Waals surface area contributed by atoms with E-state index in [0.717, 1.165) is 30.7 Å². The SMILES string of the molecule is C=C(C(=O)N1CCN(c2nc(OCC3CCCN3C)nc3c(F)c(/C=c4\c(C#N)c(N)s\c4=C/F)c(Cl)cc23)CC1)C(C)OC. The summed E-state index contributed by atoms with van der Waals surface area (Å²) in [6.45, 7) is 8.51. The number of thiophene rings is 1. The maximum atomic E-state index is 16.4. The molecule has 1 aromatic carbocycles. The van der Waals surface area contributed by atoms with E-state index >= 15 is 4.39 Å². The zero-order valence-corrected chi connectivity index (χ0v) is 26.9. The second-order valence-corrected chi connectivity index (χ2v) is 12.6. The first kappa shape index (κ1) is 32.6. The summed E-state index contributed by atoms with van der Waals surface area (Å²) in [5, 5.41) is 10.2. The summed E-state index contributed by atoms with van der Waals surface area (Å²) < 4.78 is 41.5. The minimum absolute atomic E-state index is 0.000970. The Morgan fingerprint density at radius 3 is 2.69 bits per heavy atom. The number of methoxy groups -OCH3 is 1. The Morgan fingerprint density at radius 1 is 1.33 bits per heavy atom. The van der Waals surface area contributed by atoms with Crippen LogP contribution in [0.3, 0.4) is 0 Å². The molecular weight excluding hydrogens is 624 g/mol. The fourth-order valence-corrected chi connectivity index (χ4v) is 6.63. The molecule has 2 fully saturated rings. The highest BCUT2D eigenvalue weighted by Gasteiger charge is 2.29. The Bertz CT molecular complexity index is 1800. The molecule has 2 aliphatic heterocycles. The average Bonchev–Trinajstić information content (AvgIpc) is 3.61. The van der Waals surface area contributed by atoms with Gasteiger partial charge in [-0.2, -0.15) is 15.2 Å². The highest BCUT2D eigenvalue weighted by atomic mass is 35.5. The topological polar surface area (TPSA) is 121 Å². The molecule has 14 heteroatoms. The van der Waals surface area contributed by atoms with E-state index in [1.807, 2.05) is 18.0 Å². The van der Waals surface area contributed by atoms with Crippen LogP contribution in [0.5, 0.6) is 6.01 Å². The average molecular weight is 658 g/mol. The van der Waals surface area contributed by atoms with Crippen LogP contribution in [0.15, 0.2) is 18.2 Å². The zero-order valence-electron chi connectivity index (χ0n) is 25.3. The van der Waals surface area contributed by atoms with Crippen molar-refractivity contribution in [2.24, 2.45) is 0 Å². The van der Waals surface area contributed by atoms with Gasteiger partial charge in [0, 0.05) is 61.1 Å². The lowest BCUT2D eigenvalue weighted by Crippen LogP contribution is -2.50. The van der Waals surface area contributed by atoms with E-state index in [1.54, 1.807) is 17.9 Å². The van der Waals surface area contributed by atoms with Crippen molar-refractivity contribution in [2.75, 3.05) is 64.1 Å². The van der Waals surface area contributed by atoms with Crippen LogP contribution in [0.1, 0.15) is 30.9 Å². The Kier molecular flexibility index (Phi) is 9.88. The number of rotatable bonds is 8. The number of likely N-dealkylation sites (tertiary alicyclic amines) is 1. The van der Waals surface area contributed by atoms with Crippen LogP contribution >= 0.6 is 22.9 Å². The van der Waals surface area contributed by atoms with Gasteiger partial charge in [0.1, 0.15) is 35.3 Å². The summed E-state index contributed by atoms with van der Waals surface area (Å²) in [6, 6.07) is 3.68. The highest BCUT2D eigenvalue weighted by molar-refractivity contribution is 7.14. The molecule has 2 saturated heterocycles. The maximum Gasteiger partial charge on any atom is 0.319 e. The van der Waals surface area contributed by atoms with Gasteiger partial charge in [0.05, 0.1) is 21.2 Å². The number of amides is 1. The van der Waals surface area contributed by atoms with Crippen LogP contribution in [0, 0.1) is 17.1 Å². The van der Waals surface area contributed by atoms with Crippen molar-refractivity contribution in [1.29, 1.82) is 5.26 Å². The zero-order chi connectivity index (χ0) is 32.4. The van der Waals surface area contributed by atoms with E-state index in [1.165, 1.54) is 13.2 Å². The Morgan fingerprint density at radius 2 is 2.07 bits per heavy atom. The molecule has 45 heavy (non-hydrogen) atoms. The molecule has 2 aliphatic rings. The van der Waals surface area contributed by atoms with Crippen molar-refractivity contribution in [1.82, 2.24) is 19.8 Å². The van der Waals surface area contributed by atoms with Crippen LogP contribution in [0.4, 0.5) is 19.6 Å². The molecule has 0 saturated carbocycles. The summed E-state index contributed by atoms with van der Waals surface area (Å²) in [5.74, 6) is -0.555. The molecule has 3 aromatic rings. The second-order valence-electron chi connectivity index (χ2n) is 11.1. The number of aromatic nitrogens is 2. The van der Waals surface area contributed by atoms with E-state index in [0.29, 0.717) is 55.9 Å².